The number of aliphatic hydroxyl groups is 1. The zero-order valence-corrected chi connectivity index (χ0v) is 16.1. The lowest BCUT2D eigenvalue weighted by Gasteiger charge is -2.16. The molecule has 8 heteroatoms. The summed E-state index contributed by atoms with van der Waals surface area (Å²) in [6.45, 7) is 0. The van der Waals surface area contributed by atoms with E-state index in [0.29, 0.717) is 16.9 Å². The minimum Gasteiger partial charge on any atom is -0.477 e. The fraction of sp³-hybridized carbons (Fsp3) is 0.333. The fourth-order valence-corrected chi connectivity index (χ4v) is 5.42. The van der Waals surface area contributed by atoms with Crippen molar-refractivity contribution in [2.24, 2.45) is 0 Å². The van der Waals surface area contributed by atoms with E-state index in [9.17, 15) is 24.2 Å². The van der Waals surface area contributed by atoms with Crippen LogP contribution in [0.1, 0.15) is 58.6 Å². The second-order valence-corrected chi connectivity index (χ2v) is 8.79. The van der Waals surface area contributed by atoms with E-state index in [2.05, 4.69) is 0 Å². The number of carboxylic acids is 1. The Balaban J connectivity index is 1.81. The molecule has 0 radical (unpaired) electrons. The van der Waals surface area contributed by atoms with Crippen molar-refractivity contribution in [1.82, 2.24) is 4.57 Å². The number of benzene rings is 1. The number of fused-ring (bicyclic) bond motifs is 2. The highest BCUT2D eigenvalue weighted by atomic mass is 32.1. The number of aromatic carboxylic acids is 1. The molecule has 5 nitrogen and oxygen atoms in total. The van der Waals surface area contributed by atoms with Crippen LogP contribution in [0.5, 0.6) is 0 Å². The van der Waals surface area contributed by atoms with Gasteiger partial charge in [0.2, 0.25) is 5.43 Å². The van der Waals surface area contributed by atoms with Crippen molar-refractivity contribution in [3.05, 3.63) is 56.2 Å². The minimum atomic E-state index is -1.42. The van der Waals surface area contributed by atoms with Gasteiger partial charge < -0.3 is 14.8 Å². The molecule has 0 saturated heterocycles. The zero-order valence-electron chi connectivity index (χ0n) is 15.2. The smallest absolute Gasteiger partial charge is 0.341 e. The number of aliphatic hydroxyl groups excluding tert-OH is 1. The molecule has 2 aliphatic rings. The lowest BCUT2D eigenvalue weighted by atomic mass is 9.95. The average Bonchev–Trinajstić information content (AvgIpc) is 3.42. The summed E-state index contributed by atoms with van der Waals surface area (Å²) < 4.78 is 32.1. The van der Waals surface area contributed by atoms with Crippen LogP contribution in [0.2, 0.25) is 0 Å². The number of nitrogens with zero attached hydrogens (tertiary/aromatic N) is 1. The van der Waals surface area contributed by atoms with Gasteiger partial charge >= 0.3 is 5.97 Å². The van der Waals surface area contributed by atoms with Gasteiger partial charge in [-0.05, 0) is 49.8 Å². The van der Waals surface area contributed by atoms with Gasteiger partial charge in [0.1, 0.15) is 11.4 Å². The van der Waals surface area contributed by atoms with Crippen LogP contribution in [0.15, 0.2) is 23.1 Å². The number of aromatic nitrogens is 1. The Morgan fingerprint density at radius 3 is 2.62 bits per heavy atom. The summed E-state index contributed by atoms with van der Waals surface area (Å²) in [5.41, 5.74) is -0.983. The molecule has 150 valence electrons. The van der Waals surface area contributed by atoms with Crippen molar-refractivity contribution in [3.8, 4) is 10.4 Å². The summed E-state index contributed by atoms with van der Waals surface area (Å²) in [5.74, 6) is -3.20. The largest absolute Gasteiger partial charge is 0.477 e. The number of thiophene rings is 1. The maximum atomic E-state index is 15.6. The SMILES string of the molecule is O=C(O)c1cn(C2CC2)c2c(F)c(-c3cc4c(s3)CCCC4O)c(F)cc2c1=O. The van der Waals surface area contributed by atoms with E-state index >= 15 is 4.39 Å². The molecule has 1 atom stereocenters. The highest BCUT2D eigenvalue weighted by Crippen LogP contribution is 2.44. The number of hydrogen-bond acceptors (Lipinski definition) is 4. The summed E-state index contributed by atoms with van der Waals surface area (Å²) in [6.07, 6.45) is 4.19. The van der Waals surface area contributed by atoms with Gasteiger partial charge in [0.15, 0.2) is 5.82 Å². The van der Waals surface area contributed by atoms with Crippen molar-refractivity contribution in [2.45, 2.75) is 44.2 Å². The number of aryl methyl sites for hydroxylation is 1. The molecule has 0 amide bonds. The van der Waals surface area contributed by atoms with Crippen LogP contribution in [0.4, 0.5) is 8.78 Å². The molecular formula is C21H17F2NO4S. The third-order valence-corrected chi connectivity index (χ3v) is 6.94. The third-order valence-electron chi connectivity index (χ3n) is 5.71. The molecule has 0 aliphatic heterocycles. The number of hydrogen-bond donors (Lipinski definition) is 2. The Bertz CT molecular complexity index is 1240. The maximum Gasteiger partial charge on any atom is 0.341 e. The Hall–Kier alpha value is -2.58. The van der Waals surface area contributed by atoms with E-state index in [1.807, 2.05) is 0 Å². The van der Waals surface area contributed by atoms with Crippen molar-refractivity contribution in [2.75, 3.05) is 0 Å². The van der Waals surface area contributed by atoms with Crippen LogP contribution < -0.4 is 5.43 Å². The first-order valence-corrected chi connectivity index (χ1v) is 10.3. The Kier molecular flexibility index (Phi) is 4.11. The van der Waals surface area contributed by atoms with E-state index in [1.165, 1.54) is 22.1 Å². The molecular weight excluding hydrogens is 400 g/mol. The van der Waals surface area contributed by atoms with Crippen LogP contribution in [0.25, 0.3) is 21.3 Å². The first-order valence-electron chi connectivity index (χ1n) is 9.48. The summed E-state index contributed by atoms with van der Waals surface area (Å²) >= 11 is 1.25. The standard InChI is InChI=1S/C21H17F2NO4S/c22-13-6-11-19(24(9-4-5-9)8-12(20(11)26)21(27)28)18(23)17(13)16-7-10-14(25)2-1-3-15(10)29-16/h6-9,14,25H,1-5H2,(H,27,28). The molecule has 0 spiro atoms. The van der Waals surface area contributed by atoms with E-state index in [1.54, 1.807) is 6.07 Å². The zero-order chi connectivity index (χ0) is 20.4. The van der Waals surface area contributed by atoms with Gasteiger partial charge in [-0.15, -0.1) is 11.3 Å². The number of pyridine rings is 1. The second kappa shape index (κ2) is 6.47. The van der Waals surface area contributed by atoms with E-state index in [0.717, 1.165) is 36.6 Å². The van der Waals surface area contributed by atoms with E-state index in [4.69, 9.17) is 0 Å². The first kappa shape index (κ1) is 18.4. The van der Waals surface area contributed by atoms with Gasteiger partial charge in [0, 0.05) is 22.0 Å². The molecule has 1 unspecified atom stereocenters. The Labute approximate surface area is 167 Å². The summed E-state index contributed by atoms with van der Waals surface area (Å²) in [5, 5.41) is 19.2. The molecule has 2 aliphatic carbocycles. The highest BCUT2D eigenvalue weighted by molar-refractivity contribution is 7.15. The summed E-state index contributed by atoms with van der Waals surface area (Å²) in [4.78, 5) is 25.3. The summed E-state index contributed by atoms with van der Waals surface area (Å²) in [6, 6.07) is 2.46. The monoisotopic (exact) mass is 417 g/mol. The molecule has 2 aromatic heterocycles. The average molecular weight is 417 g/mol. The van der Waals surface area contributed by atoms with Crippen LogP contribution in [-0.4, -0.2) is 20.7 Å². The number of carboxylic acid groups (broad SMARTS) is 1. The van der Waals surface area contributed by atoms with Gasteiger partial charge in [0.25, 0.3) is 0 Å². The predicted octanol–water partition coefficient (Wildman–Crippen LogP) is 4.41. The molecule has 1 saturated carbocycles. The number of carbonyl (C=O) groups is 1. The molecule has 1 fully saturated rings. The Morgan fingerprint density at radius 2 is 1.97 bits per heavy atom. The van der Waals surface area contributed by atoms with Gasteiger partial charge in [-0.3, -0.25) is 4.79 Å². The van der Waals surface area contributed by atoms with Crippen LogP contribution in [0.3, 0.4) is 0 Å². The molecule has 1 aromatic carbocycles. The Morgan fingerprint density at radius 1 is 1.21 bits per heavy atom. The lowest BCUT2D eigenvalue weighted by molar-refractivity contribution is 0.0694. The van der Waals surface area contributed by atoms with E-state index < -0.39 is 34.7 Å². The van der Waals surface area contributed by atoms with Crippen LogP contribution in [-0.2, 0) is 6.42 Å². The van der Waals surface area contributed by atoms with Crippen molar-refractivity contribution < 1.29 is 23.8 Å². The maximum absolute atomic E-state index is 15.6. The van der Waals surface area contributed by atoms with Gasteiger partial charge in [-0.25, -0.2) is 13.6 Å². The second-order valence-electron chi connectivity index (χ2n) is 7.66. The third kappa shape index (κ3) is 2.81. The van der Waals surface area contributed by atoms with E-state index in [-0.39, 0.29) is 22.5 Å². The molecule has 29 heavy (non-hydrogen) atoms. The first-order chi connectivity index (χ1) is 13.9. The lowest BCUT2D eigenvalue weighted by Crippen LogP contribution is -2.20. The molecule has 2 heterocycles. The normalized spacial score (nSPS) is 18.8. The molecule has 2 N–H and O–H groups in total. The fourth-order valence-electron chi connectivity index (χ4n) is 4.12. The topological polar surface area (TPSA) is 79.5 Å². The summed E-state index contributed by atoms with van der Waals surface area (Å²) in [7, 11) is 0. The van der Waals surface area contributed by atoms with Crippen molar-refractivity contribution >= 4 is 28.2 Å². The molecule has 0 bridgehead atoms. The predicted molar refractivity (Wildman–Crippen MR) is 105 cm³/mol. The molecule has 3 aromatic rings. The van der Waals surface area contributed by atoms with Gasteiger partial charge in [-0.1, -0.05) is 0 Å². The minimum absolute atomic E-state index is 0.0641. The van der Waals surface area contributed by atoms with Crippen LogP contribution in [0, 0.1) is 11.6 Å². The number of halogens is 2. The number of rotatable bonds is 3. The molecule has 5 rings (SSSR count). The van der Waals surface area contributed by atoms with Crippen molar-refractivity contribution in [1.29, 1.82) is 0 Å². The quantitative estimate of drug-likeness (QED) is 0.662. The highest BCUT2D eigenvalue weighted by Gasteiger charge is 2.31. The van der Waals surface area contributed by atoms with Crippen molar-refractivity contribution in [3.63, 3.8) is 0 Å². The van der Waals surface area contributed by atoms with Crippen LogP contribution >= 0.6 is 11.3 Å². The van der Waals surface area contributed by atoms with Gasteiger partial charge in [-0.2, -0.15) is 0 Å². The van der Waals surface area contributed by atoms with Gasteiger partial charge in [0.05, 0.1) is 22.6 Å².